The maximum atomic E-state index is 12.4. The van der Waals surface area contributed by atoms with Gasteiger partial charge in [-0.05, 0) is 30.5 Å². The molecule has 3 N–H and O–H groups in total. The lowest BCUT2D eigenvalue weighted by Gasteiger charge is -2.35. The average molecular weight is 382 g/mol. The van der Waals surface area contributed by atoms with E-state index >= 15 is 0 Å². The molecule has 1 aliphatic heterocycles. The minimum Gasteiger partial charge on any atom is -0.476 e. The van der Waals surface area contributed by atoms with E-state index in [1.165, 1.54) is 12.4 Å². The second kappa shape index (κ2) is 7.55. The lowest BCUT2D eigenvalue weighted by Crippen LogP contribution is -2.51. The SMILES string of the molecule is CCC1(c2ccc(NC(=O)c3nccnc3C(=O)O)cc2)CCC(=O)NC1=O. The Balaban J connectivity index is 1.82. The molecule has 1 fully saturated rings. The number of amides is 3. The molecule has 144 valence electrons. The largest absolute Gasteiger partial charge is 0.476 e. The molecule has 0 saturated carbocycles. The number of nitrogens with zero attached hydrogens (tertiary/aromatic N) is 2. The number of rotatable bonds is 5. The number of carboxylic acids is 1. The van der Waals surface area contributed by atoms with E-state index in [1.807, 2.05) is 6.92 Å². The van der Waals surface area contributed by atoms with Gasteiger partial charge in [0.25, 0.3) is 5.91 Å². The van der Waals surface area contributed by atoms with Crippen LogP contribution in [0.2, 0.25) is 0 Å². The van der Waals surface area contributed by atoms with Gasteiger partial charge >= 0.3 is 5.97 Å². The van der Waals surface area contributed by atoms with Crippen LogP contribution in [0.3, 0.4) is 0 Å². The first kappa shape index (κ1) is 19.2. The maximum absolute atomic E-state index is 12.4. The zero-order valence-corrected chi connectivity index (χ0v) is 15.1. The van der Waals surface area contributed by atoms with Gasteiger partial charge in [-0.1, -0.05) is 19.1 Å². The van der Waals surface area contributed by atoms with Crippen molar-refractivity contribution < 1.29 is 24.3 Å². The van der Waals surface area contributed by atoms with E-state index in [-0.39, 0.29) is 23.9 Å². The number of benzene rings is 1. The van der Waals surface area contributed by atoms with Crippen molar-refractivity contribution in [3.05, 3.63) is 53.6 Å². The van der Waals surface area contributed by atoms with Crippen LogP contribution >= 0.6 is 0 Å². The van der Waals surface area contributed by atoms with Crippen LogP contribution in [0.4, 0.5) is 5.69 Å². The quantitative estimate of drug-likeness (QED) is 0.666. The summed E-state index contributed by atoms with van der Waals surface area (Å²) in [5.74, 6) is -2.66. The van der Waals surface area contributed by atoms with Crippen LogP contribution in [0.1, 0.15) is 52.7 Å². The van der Waals surface area contributed by atoms with Crippen molar-refractivity contribution in [2.45, 2.75) is 31.6 Å². The highest BCUT2D eigenvalue weighted by atomic mass is 16.4. The molecule has 1 saturated heterocycles. The first-order chi connectivity index (χ1) is 13.4. The van der Waals surface area contributed by atoms with Gasteiger partial charge in [0, 0.05) is 24.5 Å². The Kier molecular flexibility index (Phi) is 5.16. The number of piperidine rings is 1. The van der Waals surface area contributed by atoms with Gasteiger partial charge < -0.3 is 10.4 Å². The van der Waals surface area contributed by atoms with E-state index in [1.54, 1.807) is 24.3 Å². The second-order valence-corrected chi connectivity index (χ2v) is 6.40. The number of carbonyl (C=O) groups is 4. The number of aromatic carboxylic acids is 1. The summed E-state index contributed by atoms with van der Waals surface area (Å²) < 4.78 is 0. The van der Waals surface area contributed by atoms with Crippen molar-refractivity contribution in [1.29, 1.82) is 0 Å². The Morgan fingerprint density at radius 1 is 1.14 bits per heavy atom. The van der Waals surface area contributed by atoms with E-state index in [9.17, 15) is 19.2 Å². The highest BCUT2D eigenvalue weighted by Crippen LogP contribution is 2.36. The van der Waals surface area contributed by atoms with E-state index in [4.69, 9.17) is 5.11 Å². The highest BCUT2D eigenvalue weighted by molar-refractivity contribution is 6.08. The molecule has 1 aromatic heterocycles. The minimum absolute atomic E-state index is 0.267. The van der Waals surface area contributed by atoms with Gasteiger partial charge in [-0.3, -0.25) is 19.7 Å². The van der Waals surface area contributed by atoms with Gasteiger partial charge in [-0.25, -0.2) is 14.8 Å². The van der Waals surface area contributed by atoms with Crippen molar-refractivity contribution in [2.75, 3.05) is 5.32 Å². The van der Waals surface area contributed by atoms with Gasteiger partial charge in [0.05, 0.1) is 5.41 Å². The number of anilines is 1. The van der Waals surface area contributed by atoms with Gasteiger partial charge in [-0.2, -0.15) is 0 Å². The highest BCUT2D eigenvalue weighted by Gasteiger charge is 2.42. The van der Waals surface area contributed by atoms with Crippen molar-refractivity contribution >= 4 is 29.4 Å². The van der Waals surface area contributed by atoms with E-state index in [2.05, 4.69) is 20.6 Å². The Morgan fingerprint density at radius 3 is 2.36 bits per heavy atom. The number of nitrogens with one attached hydrogen (secondary N) is 2. The first-order valence-electron chi connectivity index (χ1n) is 8.68. The summed E-state index contributed by atoms with van der Waals surface area (Å²) >= 11 is 0. The van der Waals surface area contributed by atoms with Crippen molar-refractivity contribution in [3.8, 4) is 0 Å². The molecule has 3 amide bonds. The lowest BCUT2D eigenvalue weighted by molar-refractivity contribution is -0.138. The van der Waals surface area contributed by atoms with Crippen molar-refractivity contribution in [3.63, 3.8) is 0 Å². The Labute approximate surface area is 160 Å². The molecule has 1 aliphatic rings. The average Bonchev–Trinajstić information content (AvgIpc) is 2.69. The van der Waals surface area contributed by atoms with Crippen molar-refractivity contribution in [1.82, 2.24) is 15.3 Å². The summed E-state index contributed by atoms with van der Waals surface area (Å²) in [6.07, 6.45) is 3.64. The number of carbonyl (C=O) groups excluding carboxylic acids is 3. The molecule has 0 spiro atoms. The molecule has 0 radical (unpaired) electrons. The maximum Gasteiger partial charge on any atom is 0.356 e. The van der Waals surface area contributed by atoms with E-state index in [0.717, 1.165) is 5.56 Å². The third-order valence-electron chi connectivity index (χ3n) is 4.88. The molecular weight excluding hydrogens is 364 g/mol. The monoisotopic (exact) mass is 382 g/mol. The van der Waals surface area contributed by atoms with Crippen LogP contribution in [0, 0.1) is 0 Å². The Bertz CT molecular complexity index is 957. The summed E-state index contributed by atoms with van der Waals surface area (Å²) in [4.78, 5) is 54.9. The fraction of sp³-hybridized carbons (Fsp3) is 0.263. The number of aromatic nitrogens is 2. The molecule has 9 heteroatoms. The summed E-state index contributed by atoms with van der Waals surface area (Å²) in [5.41, 5.74) is -0.380. The van der Waals surface area contributed by atoms with Gasteiger partial charge in [0.1, 0.15) is 0 Å². The lowest BCUT2D eigenvalue weighted by atomic mass is 9.72. The molecule has 1 unspecified atom stereocenters. The van der Waals surface area contributed by atoms with Gasteiger partial charge in [-0.15, -0.1) is 0 Å². The molecule has 3 rings (SSSR count). The second-order valence-electron chi connectivity index (χ2n) is 6.40. The predicted octanol–water partition coefficient (Wildman–Crippen LogP) is 1.51. The van der Waals surface area contributed by atoms with E-state index < -0.39 is 23.0 Å². The van der Waals surface area contributed by atoms with Crippen LogP contribution < -0.4 is 10.6 Å². The van der Waals surface area contributed by atoms with Crippen LogP contribution in [0.5, 0.6) is 0 Å². The van der Waals surface area contributed by atoms with Crippen LogP contribution in [0.15, 0.2) is 36.7 Å². The molecule has 0 bridgehead atoms. The molecule has 1 atom stereocenters. The zero-order valence-electron chi connectivity index (χ0n) is 15.1. The molecule has 2 aromatic rings. The molecule has 28 heavy (non-hydrogen) atoms. The van der Waals surface area contributed by atoms with Crippen molar-refractivity contribution in [2.24, 2.45) is 0 Å². The smallest absolute Gasteiger partial charge is 0.356 e. The number of hydrogen-bond donors (Lipinski definition) is 3. The summed E-state index contributed by atoms with van der Waals surface area (Å²) in [5, 5.41) is 14.1. The van der Waals surface area contributed by atoms with Gasteiger partial charge in [0.2, 0.25) is 11.8 Å². The van der Waals surface area contributed by atoms with Crippen LogP contribution in [-0.4, -0.2) is 38.8 Å². The van der Waals surface area contributed by atoms with Gasteiger partial charge in [0.15, 0.2) is 11.4 Å². The fourth-order valence-electron chi connectivity index (χ4n) is 3.29. The minimum atomic E-state index is -1.35. The molecule has 1 aromatic carbocycles. The summed E-state index contributed by atoms with van der Waals surface area (Å²) in [7, 11) is 0. The van der Waals surface area contributed by atoms with Crippen LogP contribution in [0.25, 0.3) is 0 Å². The predicted molar refractivity (Wildman–Crippen MR) is 97.7 cm³/mol. The summed E-state index contributed by atoms with van der Waals surface area (Å²) in [6.45, 7) is 1.88. The van der Waals surface area contributed by atoms with Crippen LogP contribution in [-0.2, 0) is 15.0 Å². The fourth-order valence-corrected chi connectivity index (χ4v) is 3.29. The zero-order chi connectivity index (χ0) is 20.3. The molecular formula is C19H18N4O5. The molecule has 2 heterocycles. The number of hydrogen-bond acceptors (Lipinski definition) is 6. The number of carboxylic acid groups (broad SMARTS) is 1. The third kappa shape index (κ3) is 3.46. The normalized spacial score (nSPS) is 19.0. The van der Waals surface area contributed by atoms with E-state index in [0.29, 0.717) is 18.5 Å². The standard InChI is InChI=1S/C19H18N4O5/c1-2-19(8-7-13(24)23-18(19)28)11-3-5-12(6-4-11)22-16(25)14-15(17(26)27)21-10-9-20-14/h3-6,9-10H,2,7-8H2,1H3,(H,22,25)(H,26,27)(H,23,24,28). The third-order valence-corrected chi connectivity index (χ3v) is 4.88. The Hall–Kier alpha value is -3.62. The Morgan fingerprint density at radius 2 is 1.79 bits per heavy atom. The molecule has 9 nitrogen and oxygen atoms in total. The topological polar surface area (TPSA) is 138 Å². The summed E-state index contributed by atoms with van der Waals surface area (Å²) in [6, 6.07) is 6.66. The number of imide groups is 1. The molecule has 0 aliphatic carbocycles. The first-order valence-corrected chi connectivity index (χ1v) is 8.68.